The quantitative estimate of drug-likeness (QED) is 0.594. The Morgan fingerprint density at radius 2 is 1.96 bits per heavy atom. The van der Waals surface area contributed by atoms with Crippen LogP contribution in [0.25, 0.3) is 10.8 Å². The van der Waals surface area contributed by atoms with Gasteiger partial charge in [0, 0.05) is 6.26 Å². The van der Waals surface area contributed by atoms with Crippen molar-refractivity contribution in [1.29, 1.82) is 0 Å². The summed E-state index contributed by atoms with van der Waals surface area (Å²) in [6.45, 7) is 1.64. The highest BCUT2D eigenvalue weighted by Gasteiger charge is 2.20. The number of aromatic nitrogens is 2. The zero-order chi connectivity index (χ0) is 18.7. The summed E-state index contributed by atoms with van der Waals surface area (Å²) in [4.78, 5) is 13.1. The molecule has 0 aliphatic heterocycles. The predicted octanol–water partition coefficient (Wildman–Crippen LogP) is 3.26. The number of benzene rings is 1. The third-order valence-corrected chi connectivity index (χ3v) is 5.14. The van der Waals surface area contributed by atoms with Gasteiger partial charge in [-0.05, 0) is 36.1 Å². The zero-order valence-corrected chi connectivity index (χ0v) is 15.7. The third-order valence-electron chi connectivity index (χ3n) is 3.42. The Balaban J connectivity index is 1.66. The minimum Gasteiger partial charge on any atom is -0.449 e. The fourth-order valence-electron chi connectivity index (χ4n) is 2.22. The number of carbonyl (C=O) groups is 1. The Labute approximate surface area is 154 Å². The van der Waals surface area contributed by atoms with Crippen LogP contribution in [0.15, 0.2) is 46.2 Å². The first kappa shape index (κ1) is 18.3. The molecular formula is C17H16N2O5S2. The number of esters is 1. The molecule has 1 unspecified atom stereocenters. The lowest BCUT2D eigenvalue weighted by molar-refractivity contribution is 0.0280. The highest BCUT2D eigenvalue weighted by Crippen LogP contribution is 2.26. The summed E-state index contributed by atoms with van der Waals surface area (Å²) in [5, 5.41) is 9.77. The van der Waals surface area contributed by atoms with Crippen molar-refractivity contribution in [3.8, 4) is 10.8 Å². The molecule has 0 fully saturated rings. The molecule has 3 rings (SSSR count). The highest BCUT2D eigenvalue weighted by molar-refractivity contribution is 7.89. The van der Waals surface area contributed by atoms with Crippen LogP contribution in [0.4, 0.5) is 0 Å². The molecule has 9 heteroatoms. The topological polar surface area (TPSA) is 99.4 Å². The molecule has 26 heavy (non-hydrogen) atoms. The molecule has 1 atom stereocenters. The summed E-state index contributed by atoms with van der Waals surface area (Å²) >= 11 is 1.47. The van der Waals surface area contributed by atoms with Gasteiger partial charge in [-0.25, -0.2) is 13.2 Å². The van der Waals surface area contributed by atoms with Crippen LogP contribution in [-0.4, -0.2) is 30.8 Å². The summed E-state index contributed by atoms with van der Waals surface area (Å²) in [6, 6.07) is 9.96. The first-order chi connectivity index (χ1) is 12.3. The largest absolute Gasteiger partial charge is 0.449 e. The van der Waals surface area contributed by atoms with Crippen LogP contribution < -0.4 is 0 Å². The normalized spacial score (nSPS) is 12.7. The zero-order valence-electron chi connectivity index (χ0n) is 14.1. The van der Waals surface area contributed by atoms with Gasteiger partial charge in [0.1, 0.15) is 0 Å². The van der Waals surface area contributed by atoms with E-state index in [2.05, 4.69) is 10.2 Å². The highest BCUT2D eigenvalue weighted by atomic mass is 32.2. The van der Waals surface area contributed by atoms with Crippen molar-refractivity contribution < 1.29 is 22.4 Å². The van der Waals surface area contributed by atoms with E-state index >= 15 is 0 Å². The molecule has 0 N–H and O–H groups in total. The lowest BCUT2D eigenvalue weighted by atomic mass is 10.1. The summed E-state index contributed by atoms with van der Waals surface area (Å²) < 4.78 is 33.5. The van der Waals surface area contributed by atoms with Crippen molar-refractivity contribution in [3.63, 3.8) is 0 Å². The minimum atomic E-state index is -3.12. The number of hydrogen-bond acceptors (Lipinski definition) is 8. The van der Waals surface area contributed by atoms with Gasteiger partial charge in [0.25, 0.3) is 11.8 Å². The maximum absolute atomic E-state index is 12.2. The third kappa shape index (κ3) is 4.55. The maximum atomic E-state index is 12.2. The fourth-order valence-corrected chi connectivity index (χ4v) is 3.66. The van der Waals surface area contributed by atoms with Gasteiger partial charge in [0.05, 0.1) is 16.2 Å². The molecule has 3 aromatic rings. The lowest BCUT2D eigenvalue weighted by Crippen LogP contribution is -2.10. The first-order valence-electron chi connectivity index (χ1n) is 7.67. The fraction of sp³-hybridized carbons (Fsp3) is 0.235. The molecule has 0 saturated carbocycles. The SMILES string of the molecule is CC(OC(=O)c1ccc(CS(C)(=O)=O)cc1)c1nnc(-c2cccs2)o1. The van der Waals surface area contributed by atoms with Crippen LogP contribution in [0.1, 0.15) is 34.8 Å². The lowest BCUT2D eigenvalue weighted by Gasteiger charge is -2.09. The number of sulfone groups is 1. The number of hydrogen-bond donors (Lipinski definition) is 0. The summed E-state index contributed by atoms with van der Waals surface area (Å²) in [5.74, 6) is -0.0515. The molecule has 2 heterocycles. The minimum absolute atomic E-state index is 0.0772. The second-order valence-corrected chi connectivity index (χ2v) is 8.83. The van der Waals surface area contributed by atoms with Gasteiger partial charge in [-0.1, -0.05) is 18.2 Å². The Morgan fingerprint density at radius 3 is 2.58 bits per heavy atom. The number of nitrogens with zero attached hydrogens (tertiary/aromatic N) is 2. The molecule has 0 aliphatic carbocycles. The van der Waals surface area contributed by atoms with Crippen molar-refractivity contribution in [2.24, 2.45) is 0 Å². The van der Waals surface area contributed by atoms with Gasteiger partial charge in [0.15, 0.2) is 15.9 Å². The summed E-state index contributed by atoms with van der Waals surface area (Å²) in [5.41, 5.74) is 0.918. The van der Waals surface area contributed by atoms with Crippen molar-refractivity contribution in [3.05, 3.63) is 58.8 Å². The van der Waals surface area contributed by atoms with Crippen LogP contribution in [0.2, 0.25) is 0 Å². The van der Waals surface area contributed by atoms with E-state index in [1.54, 1.807) is 19.1 Å². The van der Waals surface area contributed by atoms with Gasteiger partial charge in [-0.2, -0.15) is 0 Å². The average Bonchev–Trinajstić information content (AvgIpc) is 3.25. The van der Waals surface area contributed by atoms with Gasteiger partial charge in [0.2, 0.25) is 0 Å². The average molecular weight is 392 g/mol. The van der Waals surface area contributed by atoms with E-state index in [0.717, 1.165) is 11.1 Å². The standard InChI is InChI=1S/C17H16N2O5S2/c1-11(15-18-19-16(24-15)14-4-3-9-25-14)23-17(20)13-7-5-12(6-8-13)10-26(2,21)22/h3-9,11H,10H2,1-2H3. The van der Waals surface area contributed by atoms with E-state index in [4.69, 9.17) is 9.15 Å². The number of carbonyl (C=O) groups excluding carboxylic acids is 1. The number of ether oxygens (including phenoxy) is 1. The van der Waals surface area contributed by atoms with Crippen LogP contribution >= 0.6 is 11.3 Å². The molecule has 0 bridgehead atoms. The van der Waals surface area contributed by atoms with Gasteiger partial charge >= 0.3 is 5.97 Å². The van der Waals surface area contributed by atoms with Crippen molar-refractivity contribution in [2.75, 3.05) is 6.26 Å². The molecule has 0 amide bonds. The monoisotopic (exact) mass is 392 g/mol. The second-order valence-electron chi connectivity index (χ2n) is 5.74. The molecular weight excluding hydrogens is 376 g/mol. The molecule has 1 aromatic carbocycles. The van der Waals surface area contributed by atoms with E-state index in [0.29, 0.717) is 17.0 Å². The number of rotatable bonds is 6. The Kier molecular flexibility index (Phi) is 5.19. The molecule has 7 nitrogen and oxygen atoms in total. The predicted molar refractivity (Wildman–Crippen MR) is 96.4 cm³/mol. The van der Waals surface area contributed by atoms with Crippen LogP contribution in [0, 0.1) is 0 Å². The molecule has 2 aromatic heterocycles. The molecule has 0 aliphatic rings. The number of thiophene rings is 1. The molecule has 136 valence electrons. The van der Waals surface area contributed by atoms with Crippen LogP contribution in [0.3, 0.4) is 0 Å². The van der Waals surface area contributed by atoms with Crippen molar-refractivity contribution in [1.82, 2.24) is 10.2 Å². The summed E-state index contributed by atoms with van der Waals surface area (Å²) in [6.07, 6.45) is 0.450. The first-order valence-corrected chi connectivity index (χ1v) is 10.6. The Bertz CT molecular complexity index is 992. The maximum Gasteiger partial charge on any atom is 0.338 e. The molecule has 0 saturated heterocycles. The van der Waals surface area contributed by atoms with E-state index in [1.165, 1.54) is 23.5 Å². The van der Waals surface area contributed by atoms with E-state index in [9.17, 15) is 13.2 Å². The Hall–Kier alpha value is -2.52. The van der Waals surface area contributed by atoms with Crippen molar-refractivity contribution >= 4 is 27.1 Å². The van der Waals surface area contributed by atoms with E-state index < -0.39 is 21.9 Å². The Morgan fingerprint density at radius 1 is 1.23 bits per heavy atom. The second kappa shape index (κ2) is 7.38. The van der Waals surface area contributed by atoms with Crippen LogP contribution in [0.5, 0.6) is 0 Å². The van der Waals surface area contributed by atoms with Gasteiger partial charge in [-0.3, -0.25) is 0 Å². The summed E-state index contributed by atoms with van der Waals surface area (Å²) in [7, 11) is -3.12. The van der Waals surface area contributed by atoms with E-state index in [-0.39, 0.29) is 11.6 Å². The van der Waals surface area contributed by atoms with Crippen molar-refractivity contribution in [2.45, 2.75) is 18.8 Å². The smallest absolute Gasteiger partial charge is 0.338 e. The molecule has 0 spiro atoms. The van der Waals surface area contributed by atoms with Gasteiger partial charge < -0.3 is 9.15 Å². The molecule has 0 radical (unpaired) electrons. The van der Waals surface area contributed by atoms with Gasteiger partial charge in [-0.15, -0.1) is 21.5 Å². The van der Waals surface area contributed by atoms with E-state index in [1.807, 2.05) is 17.5 Å². The van der Waals surface area contributed by atoms with Crippen LogP contribution in [-0.2, 0) is 20.3 Å².